The Bertz CT molecular complexity index is 368. The maximum absolute atomic E-state index is 9.23. The van der Waals surface area contributed by atoms with Crippen molar-refractivity contribution in [2.45, 2.75) is 18.6 Å². The number of hydrogen-bond acceptors (Lipinski definition) is 7. The van der Waals surface area contributed by atoms with E-state index in [1.54, 1.807) is 6.34 Å². The van der Waals surface area contributed by atoms with Crippen LogP contribution in [0.25, 0.3) is 0 Å². The number of nitrogens with zero attached hydrogens (tertiary/aromatic N) is 3. The maximum atomic E-state index is 9.23. The minimum atomic E-state index is -2.06. The molecule has 7 nitrogen and oxygen atoms in total. The molecular formula is C8H12N4O3. The van der Waals surface area contributed by atoms with Gasteiger partial charge in [0.25, 0.3) is 0 Å². The predicted octanol–water partition coefficient (Wildman–Crippen LogP) is -1.06. The number of rotatable bonds is 2. The summed E-state index contributed by atoms with van der Waals surface area (Å²) in [5, 5.41) is 24.9. The summed E-state index contributed by atoms with van der Waals surface area (Å²) in [6, 6.07) is 0. The van der Waals surface area contributed by atoms with E-state index in [-0.39, 0.29) is 11.7 Å². The van der Waals surface area contributed by atoms with Gasteiger partial charge in [-0.05, 0) is 6.92 Å². The molecule has 1 unspecified atom stereocenters. The molecule has 0 bridgehead atoms. The Hall–Kier alpha value is -1.47. The van der Waals surface area contributed by atoms with Gasteiger partial charge in [-0.15, -0.1) is 0 Å². The van der Waals surface area contributed by atoms with Gasteiger partial charge in [-0.1, -0.05) is 5.16 Å². The maximum Gasteiger partial charge on any atom is 0.233 e. The highest BCUT2D eigenvalue weighted by molar-refractivity contribution is 5.55. The molecule has 1 aliphatic rings. The Morgan fingerprint density at radius 1 is 1.60 bits per heavy atom. The third-order valence-corrected chi connectivity index (χ3v) is 2.09. The lowest BCUT2D eigenvalue weighted by atomic mass is 10.1. The summed E-state index contributed by atoms with van der Waals surface area (Å²) < 4.78 is 4.94. The van der Waals surface area contributed by atoms with Gasteiger partial charge in [0, 0.05) is 6.54 Å². The minimum Gasteiger partial charge on any atom is -0.376 e. The Morgan fingerprint density at radius 2 is 2.40 bits per heavy atom. The molecule has 0 aromatic carbocycles. The first-order valence-electron chi connectivity index (χ1n) is 4.58. The van der Waals surface area contributed by atoms with E-state index in [0.717, 1.165) is 0 Å². The second kappa shape index (κ2) is 3.59. The molecule has 2 rings (SSSR count). The van der Waals surface area contributed by atoms with Gasteiger partial charge >= 0.3 is 0 Å². The van der Waals surface area contributed by atoms with Crippen molar-refractivity contribution in [3.05, 3.63) is 11.7 Å². The molecule has 0 spiro atoms. The lowest BCUT2D eigenvalue weighted by Crippen LogP contribution is -2.27. The Balaban J connectivity index is 2.16. The van der Waals surface area contributed by atoms with Gasteiger partial charge in [-0.25, -0.2) is 0 Å². The molecule has 0 saturated heterocycles. The predicted molar refractivity (Wildman–Crippen MR) is 50.2 cm³/mol. The summed E-state index contributed by atoms with van der Waals surface area (Å²) in [5.74, 6) is -1.85. The largest absolute Gasteiger partial charge is 0.376 e. The van der Waals surface area contributed by atoms with Crippen molar-refractivity contribution in [1.82, 2.24) is 15.5 Å². The summed E-state index contributed by atoms with van der Waals surface area (Å²) in [5.41, 5.74) is 0. The first-order valence-corrected chi connectivity index (χ1v) is 4.58. The molecule has 1 atom stereocenters. The number of aliphatic hydroxyl groups is 2. The highest BCUT2D eigenvalue weighted by atomic mass is 16.5. The highest BCUT2D eigenvalue weighted by Crippen LogP contribution is 2.19. The summed E-state index contributed by atoms with van der Waals surface area (Å²) in [4.78, 5) is 7.93. The molecular weight excluding hydrogens is 200 g/mol. The summed E-state index contributed by atoms with van der Waals surface area (Å²) >= 11 is 0. The Labute approximate surface area is 85.8 Å². The highest BCUT2D eigenvalue weighted by Gasteiger charge is 2.28. The van der Waals surface area contributed by atoms with Gasteiger partial charge in [0.15, 0.2) is 0 Å². The van der Waals surface area contributed by atoms with E-state index in [1.165, 1.54) is 6.92 Å². The van der Waals surface area contributed by atoms with Crippen LogP contribution in [0.3, 0.4) is 0 Å². The Kier molecular flexibility index (Phi) is 2.41. The van der Waals surface area contributed by atoms with E-state index in [9.17, 15) is 10.2 Å². The first-order chi connectivity index (χ1) is 7.07. The van der Waals surface area contributed by atoms with E-state index in [4.69, 9.17) is 4.52 Å². The van der Waals surface area contributed by atoms with Crippen LogP contribution >= 0.6 is 0 Å². The number of aliphatic imine (C=N–C) groups is 1. The third-order valence-electron chi connectivity index (χ3n) is 2.09. The number of hydrogen-bond donors (Lipinski definition) is 3. The fraction of sp³-hybridized carbons (Fsp3) is 0.625. The molecule has 0 radical (unpaired) electrons. The van der Waals surface area contributed by atoms with Gasteiger partial charge in [0.2, 0.25) is 17.5 Å². The number of aromatic nitrogens is 2. The molecule has 7 heteroatoms. The molecule has 1 aromatic heterocycles. The zero-order valence-corrected chi connectivity index (χ0v) is 8.21. The van der Waals surface area contributed by atoms with Crippen molar-refractivity contribution in [3.63, 3.8) is 0 Å². The van der Waals surface area contributed by atoms with Crippen molar-refractivity contribution in [2.75, 3.05) is 13.1 Å². The molecule has 82 valence electrons. The second-order valence-corrected chi connectivity index (χ2v) is 3.58. The van der Waals surface area contributed by atoms with E-state index >= 15 is 0 Å². The average molecular weight is 212 g/mol. The standard InChI is InChI=1S/C8H12N4O3/c1-8(13,14)7-11-6(15-12-7)5-2-9-4-10-3-5/h4-5,13-14H,2-3H2,1H3,(H,9,10). The van der Waals surface area contributed by atoms with Gasteiger partial charge < -0.3 is 20.1 Å². The lowest BCUT2D eigenvalue weighted by Gasteiger charge is -2.14. The van der Waals surface area contributed by atoms with Crippen LogP contribution in [0.5, 0.6) is 0 Å². The summed E-state index contributed by atoms with van der Waals surface area (Å²) in [6.45, 7) is 2.39. The van der Waals surface area contributed by atoms with Crippen molar-refractivity contribution in [3.8, 4) is 0 Å². The van der Waals surface area contributed by atoms with Crippen LogP contribution in [0, 0.1) is 0 Å². The van der Waals surface area contributed by atoms with Gasteiger partial charge in [-0.2, -0.15) is 4.98 Å². The van der Waals surface area contributed by atoms with Crippen molar-refractivity contribution < 1.29 is 14.7 Å². The molecule has 1 aromatic rings. The van der Waals surface area contributed by atoms with Gasteiger partial charge in [-0.3, -0.25) is 4.99 Å². The molecule has 2 heterocycles. The second-order valence-electron chi connectivity index (χ2n) is 3.58. The van der Waals surface area contributed by atoms with Crippen LogP contribution in [0.1, 0.15) is 24.6 Å². The zero-order valence-electron chi connectivity index (χ0n) is 8.21. The van der Waals surface area contributed by atoms with Crippen molar-refractivity contribution in [1.29, 1.82) is 0 Å². The van der Waals surface area contributed by atoms with E-state index in [2.05, 4.69) is 20.4 Å². The SMILES string of the molecule is CC(O)(O)c1noc(C2CN=CNC2)n1. The zero-order chi connectivity index (χ0) is 10.9. The quantitative estimate of drug-likeness (QED) is 0.540. The van der Waals surface area contributed by atoms with Crippen LogP contribution in [-0.4, -0.2) is 39.8 Å². The van der Waals surface area contributed by atoms with Gasteiger partial charge in [0.1, 0.15) is 0 Å². The van der Waals surface area contributed by atoms with Crippen LogP contribution < -0.4 is 5.32 Å². The number of nitrogens with one attached hydrogen (secondary N) is 1. The molecule has 3 N–H and O–H groups in total. The fourth-order valence-electron chi connectivity index (χ4n) is 1.26. The molecule has 0 saturated carbocycles. The van der Waals surface area contributed by atoms with Crippen LogP contribution in [0.4, 0.5) is 0 Å². The van der Waals surface area contributed by atoms with E-state index < -0.39 is 5.79 Å². The van der Waals surface area contributed by atoms with Crippen LogP contribution in [0.2, 0.25) is 0 Å². The van der Waals surface area contributed by atoms with Crippen molar-refractivity contribution >= 4 is 6.34 Å². The van der Waals surface area contributed by atoms with Gasteiger partial charge in [0.05, 0.1) is 18.8 Å². The first kappa shape index (κ1) is 10.1. The molecule has 0 fully saturated rings. The molecule has 0 amide bonds. The molecule has 1 aliphatic heterocycles. The molecule has 15 heavy (non-hydrogen) atoms. The lowest BCUT2D eigenvalue weighted by molar-refractivity contribution is -0.160. The Morgan fingerprint density at radius 3 is 2.93 bits per heavy atom. The van der Waals surface area contributed by atoms with Crippen LogP contribution in [-0.2, 0) is 5.79 Å². The van der Waals surface area contributed by atoms with Crippen LogP contribution in [0.15, 0.2) is 9.52 Å². The summed E-state index contributed by atoms with van der Waals surface area (Å²) in [6.07, 6.45) is 1.62. The normalized spacial score (nSPS) is 21.4. The summed E-state index contributed by atoms with van der Waals surface area (Å²) in [7, 11) is 0. The topological polar surface area (TPSA) is 104 Å². The molecule has 0 aliphatic carbocycles. The van der Waals surface area contributed by atoms with E-state index in [0.29, 0.717) is 19.0 Å². The van der Waals surface area contributed by atoms with Crippen molar-refractivity contribution in [2.24, 2.45) is 4.99 Å². The minimum absolute atomic E-state index is 0.0152. The van der Waals surface area contributed by atoms with E-state index in [1.807, 2.05) is 0 Å². The fourth-order valence-corrected chi connectivity index (χ4v) is 1.26. The average Bonchev–Trinajstić information content (AvgIpc) is 2.67. The monoisotopic (exact) mass is 212 g/mol. The third kappa shape index (κ3) is 2.13. The smallest absolute Gasteiger partial charge is 0.233 e.